The zero-order valence-electron chi connectivity index (χ0n) is 9.46. The van der Waals surface area contributed by atoms with Crippen molar-refractivity contribution in [1.82, 2.24) is 6.15 Å². The van der Waals surface area contributed by atoms with Gasteiger partial charge in [0, 0.05) is 0 Å². The highest BCUT2D eigenvalue weighted by molar-refractivity contribution is 7.99. The van der Waals surface area contributed by atoms with Crippen molar-refractivity contribution in [3.63, 3.8) is 0 Å². The molecule has 1 saturated carbocycles. The molecule has 0 bridgehead atoms. The summed E-state index contributed by atoms with van der Waals surface area (Å²) >= 11 is 2.10. The van der Waals surface area contributed by atoms with E-state index in [1.54, 1.807) is 0 Å². The molecule has 0 aliphatic heterocycles. The Balaban J connectivity index is 0. The van der Waals surface area contributed by atoms with Crippen LogP contribution in [-0.2, 0) is 0 Å². The molecule has 0 atom stereocenters. The fourth-order valence-electron chi connectivity index (χ4n) is 2.09. The summed E-state index contributed by atoms with van der Waals surface area (Å²) in [6, 6.07) is 0. The second kappa shape index (κ2) is 11.7. The van der Waals surface area contributed by atoms with Gasteiger partial charge in [0.1, 0.15) is 0 Å². The van der Waals surface area contributed by atoms with Gasteiger partial charge in [0.05, 0.1) is 0 Å². The van der Waals surface area contributed by atoms with E-state index in [4.69, 9.17) is 0 Å². The summed E-state index contributed by atoms with van der Waals surface area (Å²) < 4.78 is 0. The van der Waals surface area contributed by atoms with Crippen LogP contribution in [0.2, 0.25) is 0 Å². The van der Waals surface area contributed by atoms with Gasteiger partial charge in [-0.25, -0.2) is 0 Å². The van der Waals surface area contributed by atoms with E-state index in [-0.39, 0.29) is 18.6 Å². The molecule has 1 aliphatic carbocycles. The molecule has 1 nitrogen and oxygen atoms in total. The van der Waals surface area contributed by atoms with E-state index in [1.807, 2.05) is 0 Å². The maximum absolute atomic E-state index is 2.26. The van der Waals surface area contributed by atoms with Crippen molar-refractivity contribution in [2.45, 2.75) is 51.9 Å². The van der Waals surface area contributed by atoms with Crippen LogP contribution in [0.15, 0.2) is 0 Å². The molecule has 1 fully saturated rings. The van der Waals surface area contributed by atoms with E-state index in [9.17, 15) is 0 Å². The van der Waals surface area contributed by atoms with Crippen LogP contribution in [0.25, 0.3) is 0 Å². The lowest BCUT2D eigenvalue weighted by Crippen LogP contribution is -2.06. The topological polar surface area (TPSA) is 35.0 Å². The van der Waals surface area contributed by atoms with Gasteiger partial charge in [0.2, 0.25) is 0 Å². The molecular formula is C11H26ClNS. The van der Waals surface area contributed by atoms with Gasteiger partial charge in [0.25, 0.3) is 0 Å². The average molecular weight is 240 g/mol. The second-order valence-corrected chi connectivity index (χ2v) is 5.24. The number of hydrogen-bond acceptors (Lipinski definition) is 2. The Morgan fingerprint density at radius 3 is 2.36 bits per heavy atom. The first-order chi connectivity index (χ1) is 5.93. The van der Waals surface area contributed by atoms with Crippen LogP contribution in [0.4, 0.5) is 0 Å². The third-order valence-corrected chi connectivity index (χ3v) is 3.82. The highest BCUT2D eigenvalue weighted by Gasteiger charge is 2.12. The maximum atomic E-state index is 2.26. The number of hydrogen-bond donors (Lipinski definition) is 1. The molecule has 1 aliphatic rings. The SMILES string of the molecule is CCSCCCC1CCCCC1.Cl.N. The Labute approximate surface area is 99.8 Å². The van der Waals surface area contributed by atoms with Gasteiger partial charge in [-0.2, -0.15) is 11.8 Å². The summed E-state index contributed by atoms with van der Waals surface area (Å²) in [7, 11) is 0. The van der Waals surface area contributed by atoms with Crippen LogP contribution in [0, 0.1) is 5.92 Å². The van der Waals surface area contributed by atoms with Crippen molar-refractivity contribution >= 4 is 24.2 Å². The zero-order valence-corrected chi connectivity index (χ0v) is 11.1. The summed E-state index contributed by atoms with van der Waals surface area (Å²) in [6.07, 6.45) is 10.5. The van der Waals surface area contributed by atoms with Crippen molar-refractivity contribution in [3.05, 3.63) is 0 Å². The lowest BCUT2D eigenvalue weighted by atomic mass is 9.86. The third kappa shape index (κ3) is 7.95. The lowest BCUT2D eigenvalue weighted by Gasteiger charge is -2.20. The number of thioether (sulfide) groups is 1. The molecule has 1 rings (SSSR count). The predicted molar refractivity (Wildman–Crippen MR) is 71.1 cm³/mol. The summed E-state index contributed by atoms with van der Waals surface area (Å²) in [6.45, 7) is 2.26. The van der Waals surface area contributed by atoms with Crippen LogP contribution < -0.4 is 6.15 Å². The average Bonchev–Trinajstić information content (AvgIpc) is 2.14. The number of rotatable bonds is 5. The van der Waals surface area contributed by atoms with E-state index in [2.05, 4.69) is 18.7 Å². The van der Waals surface area contributed by atoms with Crippen LogP contribution in [0.5, 0.6) is 0 Å². The molecule has 88 valence electrons. The summed E-state index contributed by atoms with van der Waals surface area (Å²) in [5, 5.41) is 0. The highest BCUT2D eigenvalue weighted by Crippen LogP contribution is 2.27. The Morgan fingerprint density at radius 1 is 1.14 bits per heavy atom. The summed E-state index contributed by atoms with van der Waals surface area (Å²) in [5.74, 6) is 3.79. The Kier molecular flexibility index (Phi) is 14.2. The van der Waals surface area contributed by atoms with Crippen molar-refractivity contribution in [2.75, 3.05) is 11.5 Å². The normalized spacial score (nSPS) is 16.9. The molecule has 0 unspecified atom stereocenters. The summed E-state index contributed by atoms with van der Waals surface area (Å²) in [5.41, 5.74) is 0. The first-order valence-corrected chi connectivity index (χ1v) is 6.66. The fourth-order valence-corrected chi connectivity index (χ4v) is 2.75. The van der Waals surface area contributed by atoms with Gasteiger partial charge in [-0.3, -0.25) is 0 Å². The molecule has 0 aromatic carbocycles. The third-order valence-electron chi connectivity index (χ3n) is 2.83. The number of halogens is 1. The molecule has 0 amide bonds. The lowest BCUT2D eigenvalue weighted by molar-refractivity contribution is 0.337. The Hall–Kier alpha value is 0.600. The minimum Gasteiger partial charge on any atom is -0.344 e. The molecule has 0 radical (unpaired) electrons. The van der Waals surface area contributed by atoms with Gasteiger partial charge in [-0.1, -0.05) is 39.0 Å². The fraction of sp³-hybridized carbons (Fsp3) is 1.00. The molecule has 0 aromatic heterocycles. The Morgan fingerprint density at radius 2 is 1.79 bits per heavy atom. The van der Waals surface area contributed by atoms with E-state index in [1.165, 1.54) is 56.5 Å². The van der Waals surface area contributed by atoms with Crippen molar-refractivity contribution in [3.8, 4) is 0 Å². The van der Waals surface area contributed by atoms with Gasteiger partial charge in [0.15, 0.2) is 0 Å². The van der Waals surface area contributed by atoms with E-state index in [0.29, 0.717) is 0 Å². The largest absolute Gasteiger partial charge is 0.344 e. The predicted octanol–water partition coefficient (Wildman–Crippen LogP) is 4.68. The minimum absolute atomic E-state index is 0. The quantitative estimate of drug-likeness (QED) is 0.707. The van der Waals surface area contributed by atoms with Crippen molar-refractivity contribution < 1.29 is 0 Å². The maximum Gasteiger partial charge on any atom is -0.00675 e. The molecule has 0 saturated heterocycles. The standard InChI is InChI=1S/C11H22S.ClH.H3N/c1-2-12-10-6-9-11-7-4-3-5-8-11;;/h11H,2-10H2,1H3;1H;1H3. The van der Waals surface area contributed by atoms with Gasteiger partial charge >= 0.3 is 0 Å². The minimum atomic E-state index is 0. The molecule has 0 aromatic rings. The van der Waals surface area contributed by atoms with E-state index < -0.39 is 0 Å². The van der Waals surface area contributed by atoms with Crippen molar-refractivity contribution in [2.24, 2.45) is 5.92 Å². The monoisotopic (exact) mass is 239 g/mol. The zero-order chi connectivity index (χ0) is 8.65. The van der Waals surface area contributed by atoms with Crippen LogP contribution >= 0.6 is 24.2 Å². The second-order valence-electron chi connectivity index (χ2n) is 3.84. The molecule has 0 spiro atoms. The van der Waals surface area contributed by atoms with E-state index in [0.717, 1.165) is 5.92 Å². The first kappa shape index (κ1) is 17.0. The Bertz CT molecular complexity index is 105. The molecule has 3 heteroatoms. The molecular weight excluding hydrogens is 214 g/mol. The van der Waals surface area contributed by atoms with Gasteiger partial charge in [-0.15, -0.1) is 12.4 Å². The van der Waals surface area contributed by atoms with Gasteiger partial charge in [-0.05, 0) is 30.3 Å². The van der Waals surface area contributed by atoms with Crippen LogP contribution in [0.1, 0.15) is 51.9 Å². The van der Waals surface area contributed by atoms with Crippen molar-refractivity contribution in [1.29, 1.82) is 0 Å². The van der Waals surface area contributed by atoms with Crippen LogP contribution in [-0.4, -0.2) is 11.5 Å². The van der Waals surface area contributed by atoms with E-state index >= 15 is 0 Å². The first-order valence-electron chi connectivity index (χ1n) is 5.51. The molecule has 0 heterocycles. The van der Waals surface area contributed by atoms with Gasteiger partial charge < -0.3 is 6.15 Å². The highest BCUT2D eigenvalue weighted by atomic mass is 35.5. The van der Waals surface area contributed by atoms with Crippen LogP contribution in [0.3, 0.4) is 0 Å². The molecule has 3 N–H and O–H groups in total. The molecule has 14 heavy (non-hydrogen) atoms. The summed E-state index contributed by atoms with van der Waals surface area (Å²) in [4.78, 5) is 0. The smallest absolute Gasteiger partial charge is 0.00675 e.